The van der Waals surface area contributed by atoms with Crippen LogP contribution >= 0.6 is 0 Å². The number of carbonyl (C=O) groups excluding carboxylic acids is 2. The number of nitrogens with one attached hydrogen (secondary N) is 1. The lowest BCUT2D eigenvalue weighted by Gasteiger charge is -2.33. The van der Waals surface area contributed by atoms with Crippen LogP contribution in [0.2, 0.25) is 0 Å². The number of Topliss-reactive ketones (excluding diaryl/α,β-unsaturated/α-hetero) is 1. The molecule has 2 fully saturated rings. The fraction of sp³-hybridized carbons (Fsp3) is 0.818. The van der Waals surface area contributed by atoms with Crippen molar-refractivity contribution < 1.29 is 9.59 Å². The zero-order valence-corrected chi connectivity index (χ0v) is 9.16. The number of ketones is 1. The number of fused-ring (bicyclic) bond motifs is 2. The summed E-state index contributed by atoms with van der Waals surface area (Å²) in [4.78, 5) is 24.9. The van der Waals surface area contributed by atoms with Gasteiger partial charge in [-0.05, 0) is 12.8 Å². The molecule has 2 aliphatic rings. The number of carbonyl (C=O) groups is 2. The van der Waals surface area contributed by atoms with Crippen molar-refractivity contribution in [1.29, 1.82) is 0 Å². The van der Waals surface area contributed by atoms with Crippen LogP contribution in [0.1, 0.15) is 32.1 Å². The maximum absolute atomic E-state index is 11.4. The third kappa shape index (κ3) is 2.20. The normalized spacial score (nSPS) is 30.6. The molecule has 84 valence electrons. The smallest absolute Gasteiger partial charge is 0.221 e. The first-order valence-electron chi connectivity index (χ1n) is 5.68. The Hall–Kier alpha value is -0.900. The molecule has 0 aromatic heterocycles. The van der Waals surface area contributed by atoms with E-state index in [1.165, 1.54) is 0 Å². The van der Waals surface area contributed by atoms with Gasteiger partial charge in [-0.15, -0.1) is 0 Å². The molecule has 2 aliphatic heterocycles. The Labute approximate surface area is 90.0 Å². The number of nitrogens with zero attached hydrogens (tertiary/aromatic N) is 1. The number of piperidine rings is 1. The van der Waals surface area contributed by atoms with Crippen molar-refractivity contribution in [3.8, 4) is 0 Å². The highest BCUT2D eigenvalue weighted by Gasteiger charge is 2.39. The van der Waals surface area contributed by atoms with Gasteiger partial charge in [-0.2, -0.15) is 0 Å². The number of amides is 1. The van der Waals surface area contributed by atoms with E-state index >= 15 is 0 Å². The van der Waals surface area contributed by atoms with Gasteiger partial charge < -0.3 is 5.32 Å². The topological polar surface area (TPSA) is 49.4 Å². The summed E-state index contributed by atoms with van der Waals surface area (Å²) in [6.07, 6.45) is 4.21. The van der Waals surface area contributed by atoms with Crippen LogP contribution in [0.15, 0.2) is 0 Å². The number of hydrogen-bond donors (Lipinski definition) is 1. The summed E-state index contributed by atoms with van der Waals surface area (Å²) in [5.74, 6) is 0.491. The predicted molar refractivity (Wildman–Crippen MR) is 56.4 cm³/mol. The van der Waals surface area contributed by atoms with Gasteiger partial charge in [0.1, 0.15) is 5.78 Å². The fourth-order valence-electron chi connectivity index (χ4n) is 2.78. The maximum atomic E-state index is 11.4. The first kappa shape index (κ1) is 10.6. The highest BCUT2D eigenvalue weighted by atomic mass is 16.1. The maximum Gasteiger partial charge on any atom is 0.221 e. The average molecular weight is 210 g/mol. The molecule has 15 heavy (non-hydrogen) atoms. The van der Waals surface area contributed by atoms with E-state index in [0.717, 1.165) is 19.4 Å². The van der Waals surface area contributed by atoms with Gasteiger partial charge in [0, 0.05) is 44.9 Å². The van der Waals surface area contributed by atoms with E-state index in [1.807, 2.05) is 0 Å². The Balaban J connectivity index is 1.88. The second-order valence-corrected chi connectivity index (χ2v) is 4.49. The Morgan fingerprint density at radius 2 is 2.00 bits per heavy atom. The molecule has 0 radical (unpaired) electrons. The van der Waals surface area contributed by atoms with Gasteiger partial charge in [-0.1, -0.05) is 0 Å². The Bertz CT molecular complexity index is 262. The summed E-state index contributed by atoms with van der Waals surface area (Å²) >= 11 is 0. The van der Waals surface area contributed by atoms with Crippen molar-refractivity contribution in [3.63, 3.8) is 0 Å². The Kier molecular flexibility index (Phi) is 3.05. The average Bonchev–Trinajstić information content (AvgIpc) is 2.46. The first-order chi connectivity index (χ1) is 7.20. The van der Waals surface area contributed by atoms with Crippen LogP contribution in [0.4, 0.5) is 0 Å². The first-order valence-corrected chi connectivity index (χ1v) is 5.68. The van der Waals surface area contributed by atoms with E-state index in [9.17, 15) is 9.59 Å². The lowest BCUT2D eigenvalue weighted by atomic mass is 10.0. The quantitative estimate of drug-likeness (QED) is 0.729. The van der Waals surface area contributed by atoms with Gasteiger partial charge in [0.05, 0.1) is 0 Å². The zero-order chi connectivity index (χ0) is 10.8. The summed E-state index contributed by atoms with van der Waals surface area (Å²) in [6.45, 7) is 0.808. The third-order valence-electron chi connectivity index (χ3n) is 3.57. The van der Waals surface area contributed by atoms with Crippen LogP contribution in [0.25, 0.3) is 0 Å². The molecule has 4 heteroatoms. The zero-order valence-electron chi connectivity index (χ0n) is 9.16. The Morgan fingerprint density at radius 1 is 1.40 bits per heavy atom. The molecule has 1 N–H and O–H groups in total. The molecule has 2 bridgehead atoms. The molecule has 2 unspecified atom stereocenters. The summed E-state index contributed by atoms with van der Waals surface area (Å²) in [5.41, 5.74) is 0. The number of hydrogen-bond acceptors (Lipinski definition) is 3. The minimum atomic E-state index is 0.0892. The van der Waals surface area contributed by atoms with E-state index in [2.05, 4.69) is 10.2 Å². The lowest BCUT2D eigenvalue weighted by molar-refractivity contribution is -0.124. The highest BCUT2D eigenvalue weighted by molar-refractivity contribution is 5.81. The Morgan fingerprint density at radius 3 is 2.53 bits per heavy atom. The van der Waals surface area contributed by atoms with Gasteiger partial charge in [-0.25, -0.2) is 0 Å². The molecule has 2 rings (SSSR count). The monoisotopic (exact) mass is 210 g/mol. The molecule has 2 saturated heterocycles. The van der Waals surface area contributed by atoms with E-state index < -0.39 is 0 Å². The van der Waals surface area contributed by atoms with Gasteiger partial charge >= 0.3 is 0 Å². The SMILES string of the molecule is CNC(=O)CCN1C2CCC1CC(=O)C2. The molecule has 0 aliphatic carbocycles. The minimum absolute atomic E-state index is 0.0892. The largest absolute Gasteiger partial charge is 0.359 e. The second kappa shape index (κ2) is 4.31. The van der Waals surface area contributed by atoms with Crippen LogP contribution in [0.5, 0.6) is 0 Å². The van der Waals surface area contributed by atoms with Gasteiger partial charge in [0.25, 0.3) is 0 Å². The van der Waals surface area contributed by atoms with E-state index in [-0.39, 0.29) is 5.91 Å². The van der Waals surface area contributed by atoms with Gasteiger partial charge in [-0.3, -0.25) is 14.5 Å². The van der Waals surface area contributed by atoms with Crippen molar-refractivity contribution in [2.45, 2.75) is 44.2 Å². The van der Waals surface area contributed by atoms with Gasteiger partial charge in [0.2, 0.25) is 5.91 Å². The molecule has 2 atom stereocenters. The molecular weight excluding hydrogens is 192 g/mol. The molecule has 4 nitrogen and oxygen atoms in total. The number of rotatable bonds is 3. The molecule has 1 amide bonds. The van der Waals surface area contributed by atoms with Crippen molar-refractivity contribution in [2.24, 2.45) is 0 Å². The van der Waals surface area contributed by atoms with Crippen LogP contribution in [-0.2, 0) is 9.59 Å². The molecule has 0 aromatic rings. The van der Waals surface area contributed by atoms with Gasteiger partial charge in [0.15, 0.2) is 0 Å². The highest BCUT2D eigenvalue weighted by Crippen LogP contribution is 2.33. The summed E-state index contributed by atoms with van der Waals surface area (Å²) in [5, 5.41) is 2.63. The van der Waals surface area contributed by atoms with Crippen molar-refractivity contribution >= 4 is 11.7 Å². The van der Waals surface area contributed by atoms with Crippen LogP contribution in [-0.4, -0.2) is 42.3 Å². The predicted octanol–water partition coefficient (Wildman–Crippen LogP) is 0.318. The molecule has 0 saturated carbocycles. The van der Waals surface area contributed by atoms with Crippen molar-refractivity contribution in [2.75, 3.05) is 13.6 Å². The molecule has 0 spiro atoms. The fourth-order valence-corrected chi connectivity index (χ4v) is 2.78. The lowest BCUT2D eigenvalue weighted by Crippen LogP contribution is -2.44. The summed E-state index contributed by atoms with van der Waals surface area (Å²) in [6, 6.07) is 0.835. The van der Waals surface area contributed by atoms with E-state index in [0.29, 0.717) is 37.1 Å². The summed E-state index contributed by atoms with van der Waals surface area (Å²) in [7, 11) is 1.66. The van der Waals surface area contributed by atoms with Crippen molar-refractivity contribution in [1.82, 2.24) is 10.2 Å². The third-order valence-corrected chi connectivity index (χ3v) is 3.57. The van der Waals surface area contributed by atoms with E-state index in [4.69, 9.17) is 0 Å². The molecule has 0 aromatic carbocycles. The van der Waals surface area contributed by atoms with Crippen molar-refractivity contribution in [3.05, 3.63) is 0 Å². The minimum Gasteiger partial charge on any atom is -0.359 e. The standard InChI is InChI=1S/C11H18N2O2/c1-12-11(15)4-5-13-8-2-3-9(13)7-10(14)6-8/h8-9H,2-7H2,1H3,(H,12,15). The molecular formula is C11H18N2O2. The second-order valence-electron chi connectivity index (χ2n) is 4.49. The molecule has 2 heterocycles. The van der Waals surface area contributed by atoms with E-state index in [1.54, 1.807) is 7.05 Å². The van der Waals surface area contributed by atoms with Crippen LogP contribution in [0, 0.1) is 0 Å². The van der Waals surface area contributed by atoms with Crippen LogP contribution < -0.4 is 5.32 Å². The summed E-state index contributed by atoms with van der Waals surface area (Å²) < 4.78 is 0. The van der Waals surface area contributed by atoms with Crippen LogP contribution in [0.3, 0.4) is 0 Å².